The van der Waals surface area contributed by atoms with Gasteiger partial charge in [-0.2, -0.15) is 0 Å². The third-order valence-electron chi connectivity index (χ3n) is 16.2. The maximum Gasteiger partial charge on any atom is 0.306 e. The average molecular weight is 1160 g/mol. The topological polar surface area (TPSA) is 78.9 Å². The number of hydrogen-bond donors (Lipinski definition) is 0. The molecule has 0 fully saturated rings. The minimum Gasteiger partial charge on any atom is -0.462 e. The van der Waals surface area contributed by atoms with Gasteiger partial charge in [0.2, 0.25) is 0 Å². The van der Waals surface area contributed by atoms with Gasteiger partial charge in [0.15, 0.2) is 6.10 Å². The molecule has 1 unspecified atom stereocenters. The van der Waals surface area contributed by atoms with Crippen molar-refractivity contribution in [1.29, 1.82) is 0 Å². The van der Waals surface area contributed by atoms with Crippen LogP contribution >= 0.6 is 0 Å². The van der Waals surface area contributed by atoms with Gasteiger partial charge in [-0.3, -0.25) is 14.4 Å². The van der Waals surface area contributed by atoms with Crippen molar-refractivity contribution in [2.45, 2.75) is 386 Å². The van der Waals surface area contributed by atoms with Gasteiger partial charge in [0, 0.05) is 19.3 Å². The molecule has 0 N–H and O–H groups in total. The van der Waals surface area contributed by atoms with Crippen LogP contribution < -0.4 is 0 Å². The number of allylic oxidation sites excluding steroid dienone is 12. The van der Waals surface area contributed by atoms with Crippen molar-refractivity contribution in [2.24, 2.45) is 0 Å². The van der Waals surface area contributed by atoms with Crippen LogP contribution in [0.4, 0.5) is 0 Å². The molecule has 0 amide bonds. The molecule has 0 aliphatic heterocycles. The largest absolute Gasteiger partial charge is 0.462 e. The molecule has 1 atom stereocenters. The molecular formula is C77H138O6. The van der Waals surface area contributed by atoms with E-state index in [0.717, 1.165) is 96.3 Å². The van der Waals surface area contributed by atoms with Gasteiger partial charge in [0.05, 0.1) is 0 Å². The zero-order chi connectivity index (χ0) is 59.9. The third-order valence-corrected chi connectivity index (χ3v) is 16.2. The first kappa shape index (κ1) is 79.8. The minimum absolute atomic E-state index is 0.0677. The monoisotopic (exact) mass is 1160 g/mol. The maximum atomic E-state index is 12.9. The molecule has 0 aromatic carbocycles. The van der Waals surface area contributed by atoms with Crippen LogP contribution in [0.5, 0.6) is 0 Å². The fourth-order valence-corrected chi connectivity index (χ4v) is 10.8. The summed E-state index contributed by atoms with van der Waals surface area (Å²) >= 11 is 0. The second-order valence-electron chi connectivity index (χ2n) is 24.5. The lowest BCUT2D eigenvalue weighted by atomic mass is 10.0. The third kappa shape index (κ3) is 69.5. The number of carbonyl (C=O) groups is 3. The van der Waals surface area contributed by atoms with E-state index >= 15 is 0 Å². The van der Waals surface area contributed by atoms with E-state index < -0.39 is 6.10 Å². The molecule has 0 aliphatic carbocycles. The van der Waals surface area contributed by atoms with Gasteiger partial charge >= 0.3 is 17.9 Å². The Morgan fingerprint density at radius 3 is 0.735 bits per heavy atom. The maximum absolute atomic E-state index is 12.9. The van der Waals surface area contributed by atoms with Crippen LogP contribution in [0.25, 0.3) is 0 Å². The van der Waals surface area contributed by atoms with Crippen LogP contribution in [0.2, 0.25) is 0 Å². The lowest BCUT2D eigenvalue weighted by molar-refractivity contribution is -0.167. The van der Waals surface area contributed by atoms with Crippen molar-refractivity contribution in [2.75, 3.05) is 13.2 Å². The number of unbranched alkanes of at least 4 members (excludes halogenated alkanes) is 44. The molecule has 0 aromatic heterocycles. The molecule has 83 heavy (non-hydrogen) atoms. The predicted molar refractivity (Wildman–Crippen MR) is 362 cm³/mol. The van der Waals surface area contributed by atoms with Crippen molar-refractivity contribution in [3.8, 4) is 0 Å². The van der Waals surface area contributed by atoms with Crippen molar-refractivity contribution in [3.63, 3.8) is 0 Å². The van der Waals surface area contributed by atoms with Crippen LogP contribution in [0.3, 0.4) is 0 Å². The standard InChI is InChI=1S/C77H138O6/c1-4-7-10-13-16-19-22-25-27-29-31-32-33-34-35-36-37-38-39-40-41-42-43-44-46-47-49-52-55-58-61-64-67-70-76(79)82-73-74(72-81-75(78)69-66-63-60-57-54-51-24-21-18-15-12-9-6-3)83-77(80)71-68-65-62-59-56-53-50-48-45-30-28-26-23-20-17-14-11-8-5-2/h7,10,16,19,25,27,31-32,34-35,37-38,74H,4-6,8-9,11-15,17-18,20-24,26,28-30,33,36,39-73H2,1-3H3/b10-7-,19-16-,27-25-,32-31-,35-34-,38-37-. The number of ether oxygens (including phenoxy) is 3. The Kier molecular flexibility index (Phi) is 68.6. The first-order chi connectivity index (χ1) is 41.0. The summed E-state index contributed by atoms with van der Waals surface area (Å²) in [6.45, 7) is 6.59. The van der Waals surface area contributed by atoms with Crippen LogP contribution in [0.1, 0.15) is 380 Å². The molecule has 482 valence electrons. The average Bonchev–Trinajstić information content (AvgIpc) is 3.49. The van der Waals surface area contributed by atoms with E-state index in [9.17, 15) is 14.4 Å². The summed E-state index contributed by atoms with van der Waals surface area (Å²) in [5.41, 5.74) is 0. The van der Waals surface area contributed by atoms with Crippen LogP contribution in [-0.2, 0) is 28.6 Å². The van der Waals surface area contributed by atoms with Gasteiger partial charge in [-0.15, -0.1) is 0 Å². The van der Waals surface area contributed by atoms with Crippen LogP contribution in [0.15, 0.2) is 72.9 Å². The highest BCUT2D eigenvalue weighted by molar-refractivity contribution is 5.71. The molecule has 0 spiro atoms. The molecule has 0 bridgehead atoms. The second-order valence-corrected chi connectivity index (χ2v) is 24.5. The zero-order valence-electron chi connectivity index (χ0n) is 55.5. The van der Waals surface area contributed by atoms with Crippen molar-refractivity contribution < 1.29 is 28.6 Å². The van der Waals surface area contributed by atoms with Gasteiger partial charge < -0.3 is 14.2 Å². The molecule has 0 aliphatic rings. The highest BCUT2D eigenvalue weighted by Gasteiger charge is 2.19. The number of carbonyl (C=O) groups excluding carboxylic acids is 3. The van der Waals surface area contributed by atoms with E-state index in [-0.39, 0.29) is 31.1 Å². The molecule has 0 radical (unpaired) electrons. The van der Waals surface area contributed by atoms with Crippen molar-refractivity contribution in [1.82, 2.24) is 0 Å². The summed E-state index contributed by atoms with van der Waals surface area (Å²) in [6.07, 6.45) is 93.6. The van der Waals surface area contributed by atoms with Gasteiger partial charge in [-0.05, 0) is 70.6 Å². The van der Waals surface area contributed by atoms with E-state index in [0.29, 0.717) is 19.3 Å². The summed E-state index contributed by atoms with van der Waals surface area (Å²) in [4.78, 5) is 38.4. The summed E-state index contributed by atoms with van der Waals surface area (Å²) in [5, 5.41) is 0. The number of rotatable bonds is 67. The second kappa shape index (κ2) is 71.3. The van der Waals surface area contributed by atoms with E-state index in [2.05, 4.69) is 93.7 Å². The highest BCUT2D eigenvalue weighted by Crippen LogP contribution is 2.18. The first-order valence-electron chi connectivity index (χ1n) is 36.4. The lowest BCUT2D eigenvalue weighted by Crippen LogP contribution is -2.30. The van der Waals surface area contributed by atoms with Crippen molar-refractivity contribution in [3.05, 3.63) is 72.9 Å². The smallest absolute Gasteiger partial charge is 0.306 e. The Hall–Kier alpha value is -3.15. The zero-order valence-corrected chi connectivity index (χ0v) is 55.5. The fraction of sp³-hybridized carbons (Fsp3) is 0.805. The number of esters is 3. The Morgan fingerprint density at radius 2 is 0.470 bits per heavy atom. The van der Waals surface area contributed by atoms with E-state index in [1.807, 2.05) is 0 Å². The predicted octanol–water partition coefficient (Wildman–Crippen LogP) is 25.2. The molecular weight excluding hydrogens is 1020 g/mol. The minimum atomic E-state index is -0.771. The van der Waals surface area contributed by atoms with Crippen molar-refractivity contribution >= 4 is 17.9 Å². The summed E-state index contributed by atoms with van der Waals surface area (Å²) in [6, 6.07) is 0. The molecule has 0 rings (SSSR count). The molecule has 6 heteroatoms. The Bertz CT molecular complexity index is 1520. The molecule has 0 aromatic rings. The van der Waals surface area contributed by atoms with E-state index in [4.69, 9.17) is 14.2 Å². The van der Waals surface area contributed by atoms with Crippen LogP contribution in [0, 0.1) is 0 Å². The van der Waals surface area contributed by atoms with Gasteiger partial charge in [-0.1, -0.05) is 363 Å². The Labute approximate surface area is 516 Å². The quantitative estimate of drug-likeness (QED) is 0.0261. The molecule has 0 saturated heterocycles. The van der Waals surface area contributed by atoms with E-state index in [1.54, 1.807) is 0 Å². The highest BCUT2D eigenvalue weighted by atomic mass is 16.6. The SMILES string of the molecule is CC/C=C\C/C=C\C/C=C\C/C=C\C/C=C\C/C=C\CCCCCCCCCCCCCCCCC(=O)OCC(COC(=O)CCCCCCCCCCCCCCC)OC(=O)CCCCCCCCCCCCCCCCCCCCC. The van der Waals surface area contributed by atoms with E-state index in [1.165, 1.54) is 244 Å². The van der Waals surface area contributed by atoms with Gasteiger partial charge in [0.25, 0.3) is 0 Å². The van der Waals surface area contributed by atoms with Gasteiger partial charge in [0.1, 0.15) is 13.2 Å². The summed E-state index contributed by atoms with van der Waals surface area (Å²) < 4.78 is 17.0. The Morgan fingerprint density at radius 1 is 0.253 bits per heavy atom. The summed E-state index contributed by atoms with van der Waals surface area (Å²) in [5.74, 6) is -0.841. The molecule has 0 saturated carbocycles. The molecule has 6 nitrogen and oxygen atoms in total. The fourth-order valence-electron chi connectivity index (χ4n) is 10.8. The Balaban J connectivity index is 4.18. The number of hydrogen-bond acceptors (Lipinski definition) is 6. The lowest BCUT2D eigenvalue weighted by Gasteiger charge is -2.18. The first-order valence-corrected chi connectivity index (χ1v) is 36.4. The molecule has 0 heterocycles. The summed E-state index contributed by atoms with van der Waals surface area (Å²) in [7, 11) is 0. The normalized spacial score (nSPS) is 12.5. The van der Waals surface area contributed by atoms with Crippen LogP contribution in [-0.4, -0.2) is 37.2 Å². The van der Waals surface area contributed by atoms with Gasteiger partial charge in [-0.25, -0.2) is 0 Å².